The van der Waals surface area contributed by atoms with E-state index >= 15 is 0 Å². The molecule has 0 saturated heterocycles. The number of hydrogen-bond donors (Lipinski definition) is 2. The van der Waals surface area contributed by atoms with E-state index in [2.05, 4.69) is 37.3 Å². The van der Waals surface area contributed by atoms with E-state index in [-0.39, 0.29) is 6.03 Å². The van der Waals surface area contributed by atoms with Crippen LogP contribution in [-0.4, -0.2) is 27.7 Å². The molecule has 0 aliphatic heterocycles. The molecule has 0 bridgehead atoms. The number of aromatic nitrogens is 3. The number of carbonyl (C=O) groups is 1. The van der Waals surface area contributed by atoms with Crippen LogP contribution in [0.2, 0.25) is 0 Å². The zero-order valence-corrected chi connectivity index (χ0v) is 16.9. The molecule has 0 fully saturated rings. The van der Waals surface area contributed by atoms with E-state index in [1.54, 1.807) is 19.4 Å². The fourth-order valence-electron chi connectivity index (χ4n) is 3.26. The Hall–Kier alpha value is -3.87. The van der Waals surface area contributed by atoms with Crippen molar-refractivity contribution in [3.63, 3.8) is 0 Å². The van der Waals surface area contributed by atoms with Gasteiger partial charge in [0.25, 0.3) is 0 Å². The summed E-state index contributed by atoms with van der Waals surface area (Å²) in [7, 11) is 1.59. The third kappa shape index (κ3) is 4.57. The van der Waals surface area contributed by atoms with Gasteiger partial charge in [-0.1, -0.05) is 24.3 Å². The van der Waals surface area contributed by atoms with Crippen LogP contribution in [0.4, 0.5) is 10.5 Å². The molecular weight excluding hydrogens is 378 g/mol. The highest BCUT2D eigenvalue weighted by Gasteiger charge is 2.05. The molecule has 0 unspecified atom stereocenters. The number of pyridine rings is 1. The lowest BCUT2D eigenvalue weighted by Crippen LogP contribution is -2.28. The molecule has 0 aliphatic carbocycles. The van der Waals surface area contributed by atoms with Gasteiger partial charge in [-0.3, -0.25) is 0 Å². The van der Waals surface area contributed by atoms with Gasteiger partial charge in [-0.15, -0.1) is 0 Å². The summed E-state index contributed by atoms with van der Waals surface area (Å²) in [4.78, 5) is 21.0. The van der Waals surface area contributed by atoms with Gasteiger partial charge in [0, 0.05) is 42.6 Å². The minimum atomic E-state index is -0.258. The Morgan fingerprint density at radius 1 is 1.10 bits per heavy atom. The number of ether oxygens (including phenoxy) is 1. The van der Waals surface area contributed by atoms with Gasteiger partial charge in [0.05, 0.1) is 12.6 Å². The molecule has 152 valence electrons. The van der Waals surface area contributed by atoms with Crippen molar-refractivity contribution in [3.8, 4) is 5.88 Å². The van der Waals surface area contributed by atoms with Crippen LogP contribution in [0.3, 0.4) is 0 Å². The second kappa shape index (κ2) is 8.65. The van der Waals surface area contributed by atoms with Crippen molar-refractivity contribution in [2.75, 3.05) is 12.4 Å². The van der Waals surface area contributed by atoms with Crippen LogP contribution < -0.4 is 15.4 Å². The van der Waals surface area contributed by atoms with E-state index in [4.69, 9.17) is 4.74 Å². The first-order chi connectivity index (χ1) is 14.6. The van der Waals surface area contributed by atoms with E-state index in [0.29, 0.717) is 18.1 Å². The third-order valence-electron chi connectivity index (χ3n) is 4.85. The average molecular weight is 401 g/mol. The zero-order valence-electron chi connectivity index (χ0n) is 16.9. The van der Waals surface area contributed by atoms with Crippen molar-refractivity contribution >= 4 is 22.6 Å². The summed E-state index contributed by atoms with van der Waals surface area (Å²) in [6.07, 6.45) is 3.76. The smallest absolute Gasteiger partial charge is 0.319 e. The lowest BCUT2D eigenvalue weighted by molar-refractivity contribution is 0.251. The lowest BCUT2D eigenvalue weighted by Gasteiger charge is -2.10. The number of methoxy groups -OCH3 is 1. The highest BCUT2D eigenvalue weighted by Crippen LogP contribution is 2.20. The zero-order chi connectivity index (χ0) is 20.9. The highest BCUT2D eigenvalue weighted by atomic mass is 16.5. The topological polar surface area (TPSA) is 81.1 Å². The fraction of sp³-hybridized carbons (Fsp3) is 0.174. The Morgan fingerprint density at radius 3 is 2.77 bits per heavy atom. The Bertz CT molecular complexity index is 1190. The first-order valence-corrected chi connectivity index (χ1v) is 9.66. The minimum absolute atomic E-state index is 0.258. The number of carbonyl (C=O) groups excluding carboxylic acids is 1. The summed E-state index contributed by atoms with van der Waals surface area (Å²) in [6, 6.07) is 17.2. The predicted molar refractivity (Wildman–Crippen MR) is 117 cm³/mol. The molecule has 2 heterocycles. The van der Waals surface area contributed by atoms with Gasteiger partial charge < -0.3 is 19.9 Å². The molecule has 2 aromatic heterocycles. The average Bonchev–Trinajstić information content (AvgIpc) is 3.16. The SMILES string of the molecule is COc1ccc2cc(NC(=O)NCc3cccc(Cn4ccnc4C)c3)ccc2n1. The summed E-state index contributed by atoms with van der Waals surface area (Å²) < 4.78 is 7.23. The number of fused-ring (bicyclic) bond motifs is 1. The molecule has 0 aliphatic rings. The van der Waals surface area contributed by atoms with E-state index < -0.39 is 0 Å². The van der Waals surface area contributed by atoms with Crippen molar-refractivity contribution in [1.82, 2.24) is 19.9 Å². The number of anilines is 1. The summed E-state index contributed by atoms with van der Waals surface area (Å²) in [5.41, 5.74) is 3.71. The normalized spacial score (nSPS) is 10.7. The van der Waals surface area contributed by atoms with Crippen LogP contribution >= 0.6 is 0 Å². The molecule has 0 spiro atoms. The quantitative estimate of drug-likeness (QED) is 0.509. The van der Waals surface area contributed by atoms with E-state index in [1.807, 2.05) is 49.5 Å². The molecule has 30 heavy (non-hydrogen) atoms. The van der Waals surface area contributed by atoms with Gasteiger partial charge in [0.1, 0.15) is 5.82 Å². The summed E-state index contributed by atoms with van der Waals surface area (Å²) in [5.74, 6) is 1.54. The number of urea groups is 1. The molecular formula is C23H23N5O2. The molecule has 7 nitrogen and oxygen atoms in total. The van der Waals surface area contributed by atoms with Crippen LogP contribution in [-0.2, 0) is 13.1 Å². The summed E-state index contributed by atoms with van der Waals surface area (Å²) in [6.45, 7) is 3.17. The van der Waals surface area contributed by atoms with Crippen LogP contribution in [0.5, 0.6) is 5.88 Å². The van der Waals surface area contributed by atoms with Gasteiger partial charge in [0.2, 0.25) is 5.88 Å². The summed E-state index contributed by atoms with van der Waals surface area (Å²) >= 11 is 0. The number of rotatable bonds is 6. The number of aryl methyl sites for hydroxylation is 1. The minimum Gasteiger partial charge on any atom is -0.481 e. The molecule has 0 atom stereocenters. The number of nitrogens with one attached hydrogen (secondary N) is 2. The van der Waals surface area contributed by atoms with Gasteiger partial charge in [-0.05, 0) is 42.3 Å². The first kappa shape index (κ1) is 19.4. The lowest BCUT2D eigenvalue weighted by atomic mass is 10.1. The Balaban J connectivity index is 1.36. The molecule has 4 aromatic rings. The monoisotopic (exact) mass is 401 g/mol. The van der Waals surface area contributed by atoms with Crippen molar-refractivity contribution in [2.45, 2.75) is 20.0 Å². The van der Waals surface area contributed by atoms with Gasteiger partial charge in [0.15, 0.2) is 0 Å². The Labute approximate surface area is 174 Å². The van der Waals surface area contributed by atoms with E-state index in [9.17, 15) is 4.79 Å². The van der Waals surface area contributed by atoms with Crippen LogP contribution in [0.15, 0.2) is 67.0 Å². The fourth-order valence-corrected chi connectivity index (χ4v) is 3.26. The predicted octanol–water partition coefficient (Wildman–Crippen LogP) is 4.12. The van der Waals surface area contributed by atoms with Gasteiger partial charge >= 0.3 is 6.03 Å². The molecule has 4 rings (SSSR count). The molecule has 0 saturated carbocycles. The van der Waals surface area contributed by atoms with Crippen molar-refractivity contribution in [3.05, 3.63) is 83.9 Å². The van der Waals surface area contributed by atoms with E-state index in [0.717, 1.165) is 34.4 Å². The standard InChI is InChI=1S/C23H23N5O2/c1-16-24-10-11-28(16)15-18-5-3-4-17(12-18)14-25-23(29)26-20-7-8-21-19(13-20)6-9-22(27-21)30-2/h3-13H,14-15H2,1-2H3,(H2,25,26,29). The van der Waals surface area contributed by atoms with Crippen molar-refractivity contribution in [2.24, 2.45) is 0 Å². The molecule has 0 radical (unpaired) electrons. The number of benzene rings is 2. The van der Waals surface area contributed by atoms with Crippen LogP contribution in [0.1, 0.15) is 17.0 Å². The molecule has 2 amide bonds. The van der Waals surface area contributed by atoms with Gasteiger partial charge in [-0.25, -0.2) is 14.8 Å². The summed E-state index contributed by atoms with van der Waals surface area (Å²) in [5, 5.41) is 6.70. The van der Waals surface area contributed by atoms with Crippen molar-refractivity contribution < 1.29 is 9.53 Å². The van der Waals surface area contributed by atoms with E-state index in [1.165, 1.54) is 0 Å². The number of amides is 2. The maximum atomic E-state index is 12.3. The first-order valence-electron chi connectivity index (χ1n) is 9.66. The highest BCUT2D eigenvalue weighted by molar-refractivity contribution is 5.92. The largest absolute Gasteiger partial charge is 0.481 e. The Kier molecular flexibility index (Phi) is 5.61. The number of imidazole rings is 1. The van der Waals surface area contributed by atoms with Crippen LogP contribution in [0, 0.1) is 6.92 Å². The Morgan fingerprint density at radius 2 is 1.97 bits per heavy atom. The maximum absolute atomic E-state index is 12.3. The molecule has 2 aromatic carbocycles. The second-order valence-electron chi connectivity index (χ2n) is 6.99. The van der Waals surface area contributed by atoms with Crippen molar-refractivity contribution in [1.29, 1.82) is 0 Å². The third-order valence-corrected chi connectivity index (χ3v) is 4.85. The molecule has 7 heteroatoms. The number of nitrogens with zero attached hydrogens (tertiary/aromatic N) is 3. The second-order valence-corrected chi connectivity index (χ2v) is 6.99. The van der Waals surface area contributed by atoms with Gasteiger partial charge in [-0.2, -0.15) is 0 Å². The maximum Gasteiger partial charge on any atom is 0.319 e. The van der Waals surface area contributed by atoms with Crippen LogP contribution in [0.25, 0.3) is 10.9 Å². The number of hydrogen-bond acceptors (Lipinski definition) is 4. The molecule has 2 N–H and O–H groups in total.